The second-order valence-corrected chi connectivity index (χ2v) is 6.17. The van der Waals surface area contributed by atoms with Gasteiger partial charge in [-0.3, -0.25) is 9.89 Å². The Bertz CT molecular complexity index is 459. The summed E-state index contributed by atoms with van der Waals surface area (Å²) in [4.78, 5) is 14.2. The summed E-state index contributed by atoms with van der Waals surface area (Å²) < 4.78 is 5.86. The molecule has 0 atom stereocenters. The zero-order valence-electron chi connectivity index (χ0n) is 13.9. The molecule has 0 bridgehead atoms. The first kappa shape index (κ1) is 17.0. The van der Waals surface area contributed by atoms with E-state index in [9.17, 15) is 4.79 Å². The van der Waals surface area contributed by atoms with Crippen molar-refractivity contribution in [3.05, 3.63) is 17.0 Å². The summed E-state index contributed by atoms with van der Waals surface area (Å²) in [6.07, 6.45) is 3.87. The van der Waals surface area contributed by atoms with Crippen molar-refractivity contribution in [3.63, 3.8) is 0 Å². The Hall–Kier alpha value is -1.40. The third-order valence-electron chi connectivity index (χ3n) is 4.28. The van der Waals surface area contributed by atoms with Crippen molar-refractivity contribution in [2.24, 2.45) is 0 Å². The molecule has 1 saturated heterocycles. The highest BCUT2D eigenvalue weighted by Crippen LogP contribution is 2.12. The van der Waals surface area contributed by atoms with Gasteiger partial charge in [-0.1, -0.05) is 0 Å². The molecule has 6 heteroatoms. The number of hydrogen-bond acceptors (Lipinski definition) is 4. The quantitative estimate of drug-likeness (QED) is 0.742. The number of amides is 1. The Labute approximate surface area is 132 Å². The average molecular weight is 308 g/mol. The number of H-pyrrole nitrogens is 1. The Morgan fingerprint density at radius 1 is 1.41 bits per heavy atom. The van der Waals surface area contributed by atoms with Gasteiger partial charge in [0.25, 0.3) is 0 Å². The van der Waals surface area contributed by atoms with Crippen molar-refractivity contribution in [1.29, 1.82) is 0 Å². The summed E-state index contributed by atoms with van der Waals surface area (Å²) >= 11 is 0. The van der Waals surface area contributed by atoms with E-state index in [0.29, 0.717) is 19.1 Å². The van der Waals surface area contributed by atoms with Crippen molar-refractivity contribution in [2.45, 2.75) is 45.6 Å². The Kier molecular flexibility index (Phi) is 6.39. The number of rotatable bonds is 7. The highest BCUT2D eigenvalue weighted by molar-refractivity contribution is 5.79. The molecule has 1 aromatic heterocycles. The number of aromatic amines is 1. The molecule has 1 amide bonds. The third-order valence-corrected chi connectivity index (χ3v) is 4.28. The number of aryl methyl sites for hydroxylation is 2. The SMILES string of the molecule is Cc1n[nH]c(C)c1CC(=O)NCCCOC1CCN(C)CC1. The van der Waals surface area contributed by atoms with Crippen LogP contribution in [0, 0.1) is 13.8 Å². The van der Waals surface area contributed by atoms with Crippen LogP contribution in [0.15, 0.2) is 0 Å². The predicted octanol–water partition coefficient (Wildman–Crippen LogP) is 1.19. The van der Waals surface area contributed by atoms with Gasteiger partial charge in [0.2, 0.25) is 5.91 Å². The zero-order valence-corrected chi connectivity index (χ0v) is 13.9. The van der Waals surface area contributed by atoms with E-state index in [1.165, 1.54) is 0 Å². The van der Waals surface area contributed by atoms with Crippen molar-refractivity contribution >= 4 is 5.91 Å². The van der Waals surface area contributed by atoms with Crippen LogP contribution < -0.4 is 5.32 Å². The lowest BCUT2D eigenvalue weighted by Crippen LogP contribution is -2.34. The van der Waals surface area contributed by atoms with Gasteiger partial charge in [-0.05, 0) is 40.2 Å². The highest BCUT2D eigenvalue weighted by atomic mass is 16.5. The number of carbonyl (C=O) groups excluding carboxylic acids is 1. The molecule has 0 spiro atoms. The smallest absolute Gasteiger partial charge is 0.224 e. The minimum absolute atomic E-state index is 0.0480. The monoisotopic (exact) mass is 308 g/mol. The fourth-order valence-corrected chi connectivity index (χ4v) is 2.76. The topological polar surface area (TPSA) is 70.2 Å². The van der Waals surface area contributed by atoms with Gasteiger partial charge in [0.05, 0.1) is 18.2 Å². The maximum absolute atomic E-state index is 11.9. The van der Waals surface area contributed by atoms with E-state index in [1.807, 2.05) is 13.8 Å². The first-order chi connectivity index (χ1) is 10.6. The van der Waals surface area contributed by atoms with E-state index in [2.05, 4.69) is 27.5 Å². The van der Waals surface area contributed by atoms with Gasteiger partial charge < -0.3 is 15.0 Å². The summed E-state index contributed by atoms with van der Waals surface area (Å²) in [6, 6.07) is 0. The molecule has 0 radical (unpaired) electrons. The van der Waals surface area contributed by atoms with Gasteiger partial charge >= 0.3 is 0 Å². The van der Waals surface area contributed by atoms with E-state index in [-0.39, 0.29) is 5.91 Å². The molecule has 2 rings (SSSR count). The number of nitrogens with one attached hydrogen (secondary N) is 2. The maximum atomic E-state index is 11.9. The molecular weight excluding hydrogens is 280 g/mol. The van der Waals surface area contributed by atoms with Gasteiger partial charge in [-0.2, -0.15) is 5.10 Å². The van der Waals surface area contributed by atoms with Crippen LogP contribution in [0.3, 0.4) is 0 Å². The number of carbonyl (C=O) groups is 1. The molecule has 0 aromatic carbocycles. The van der Waals surface area contributed by atoms with Crippen LogP contribution in [0.1, 0.15) is 36.2 Å². The molecule has 1 aliphatic rings. The van der Waals surface area contributed by atoms with Crippen molar-refractivity contribution in [3.8, 4) is 0 Å². The fourth-order valence-electron chi connectivity index (χ4n) is 2.76. The second kappa shape index (κ2) is 8.29. The fraction of sp³-hybridized carbons (Fsp3) is 0.750. The first-order valence-corrected chi connectivity index (χ1v) is 8.13. The van der Waals surface area contributed by atoms with Crippen LogP contribution in [0.5, 0.6) is 0 Å². The standard InChI is InChI=1S/C16H28N4O2/c1-12-15(13(2)19-18-12)11-16(21)17-7-4-10-22-14-5-8-20(3)9-6-14/h14H,4-11H2,1-3H3,(H,17,21)(H,18,19). The number of nitrogens with zero attached hydrogens (tertiary/aromatic N) is 2. The van der Waals surface area contributed by atoms with E-state index < -0.39 is 0 Å². The van der Waals surface area contributed by atoms with Crippen LogP contribution in [-0.4, -0.2) is 60.4 Å². The van der Waals surface area contributed by atoms with E-state index >= 15 is 0 Å². The van der Waals surface area contributed by atoms with E-state index in [1.54, 1.807) is 0 Å². The Morgan fingerprint density at radius 2 is 2.14 bits per heavy atom. The molecule has 1 aliphatic heterocycles. The number of aromatic nitrogens is 2. The highest BCUT2D eigenvalue weighted by Gasteiger charge is 2.16. The van der Waals surface area contributed by atoms with Gasteiger partial charge in [0.1, 0.15) is 0 Å². The number of ether oxygens (including phenoxy) is 1. The molecule has 0 unspecified atom stereocenters. The third kappa shape index (κ3) is 5.10. The van der Waals surface area contributed by atoms with Gasteiger partial charge in [0.15, 0.2) is 0 Å². The van der Waals surface area contributed by atoms with Crippen molar-refractivity contribution < 1.29 is 9.53 Å². The van der Waals surface area contributed by atoms with E-state index in [0.717, 1.165) is 55.9 Å². The molecule has 2 heterocycles. The van der Waals surface area contributed by atoms with Gasteiger partial charge in [0, 0.05) is 37.5 Å². The molecular formula is C16H28N4O2. The molecule has 0 saturated carbocycles. The number of hydrogen-bond donors (Lipinski definition) is 2. The van der Waals surface area contributed by atoms with Crippen LogP contribution in [-0.2, 0) is 16.0 Å². The van der Waals surface area contributed by atoms with Gasteiger partial charge in [-0.15, -0.1) is 0 Å². The normalized spacial score (nSPS) is 16.9. The summed E-state index contributed by atoms with van der Waals surface area (Å²) in [7, 11) is 2.15. The summed E-state index contributed by atoms with van der Waals surface area (Å²) in [5.74, 6) is 0.0480. The molecule has 2 N–H and O–H groups in total. The van der Waals surface area contributed by atoms with Crippen molar-refractivity contribution in [2.75, 3.05) is 33.3 Å². The lowest BCUT2D eigenvalue weighted by Gasteiger charge is -2.28. The van der Waals surface area contributed by atoms with Crippen LogP contribution in [0.2, 0.25) is 0 Å². The molecule has 1 fully saturated rings. The predicted molar refractivity (Wildman–Crippen MR) is 85.9 cm³/mol. The Morgan fingerprint density at radius 3 is 2.77 bits per heavy atom. The minimum atomic E-state index is 0.0480. The lowest BCUT2D eigenvalue weighted by molar-refractivity contribution is -0.120. The van der Waals surface area contributed by atoms with Crippen LogP contribution >= 0.6 is 0 Å². The second-order valence-electron chi connectivity index (χ2n) is 6.17. The molecule has 124 valence electrons. The summed E-state index contributed by atoms with van der Waals surface area (Å²) in [6.45, 7) is 7.48. The molecule has 0 aliphatic carbocycles. The number of likely N-dealkylation sites (tertiary alicyclic amines) is 1. The minimum Gasteiger partial charge on any atom is -0.378 e. The lowest BCUT2D eigenvalue weighted by atomic mass is 10.1. The Balaban J connectivity index is 1.56. The molecule has 1 aromatic rings. The molecule has 22 heavy (non-hydrogen) atoms. The first-order valence-electron chi connectivity index (χ1n) is 8.13. The maximum Gasteiger partial charge on any atom is 0.224 e. The van der Waals surface area contributed by atoms with Gasteiger partial charge in [-0.25, -0.2) is 0 Å². The van der Waals surface area contributed by atoms with Crippen LogP contribution in [0.4, 0.5) is 0 Å². The van der Waals surface area contributed by atoms with Crippen LogP contribution in [0.25, 0.3) is 0 Å². The summed E-state index contributed by atoms with van der Waals surface area (Å²) in [5, 5.41) is 9.96. The van der Waals surface area contributed by atoms with Crippen molar-refractivity contribution in [1.82, 2.24) is 20.4 Å². The largest absolute Gasteiger partial charge is 0.378 e. The zero-order chi connectivity index (χ0) is 15.9. The summed E-state index contributed by atoms with van der Waals surface area (Å²) in [5.41, 5.74) is 2.87. The van der Waals surface area contributed by atoms with E-state index in [4.69, 9.17) is 4.74 Å². The number of piperidine rings is 1. The average Bonchev–Trinajstić information content (AvgIpc) is 2.81. The molecule has 6 nitrogen and oxygen atoms in total.